The van der Waals surface area contributed by atoms with Gasteiger partial charge >= 0.3 is 5.97 Å². The van der Waals surface area contributed by atoms with Crippen LogP contribution >= 0.6 is 15.9 Å². The van der Waals surface area contributed by atoms with E-state index in [0.717, 1.165) is 12.8 Å². The predicted molar refractivity (Wildman–Crippen MR) is 143 cm³/mol. The third-order valence-electron chi connectivity index (χ3n) is 11.9. The Labute approximate surface area is 221 Å². The minimum absolute atomic E-state index is 0.0366. The Kier molecular flexibility index (Phi) is 7.92. The van der Waals surface area contributed by atoms with E-state index in [1.807, 2.05) is 0 Å². The van der Waals surface area contributed by atoms with Gasteiger partial charge in [0.15, 0.2) is 0 Å². The Morgan fingerprint density at radius 3 is 2.29 bits per heavy atom. The van der Waals surface area contributed by atoms with Crippen LogP contribution in [0.4, 0.5) is 0 Å². The molecule has 0 bridgehead atoms. The summed E-state index contributed by atoms with van der Waals surface area (Å²) in [5, 5.41) is 11.4. The molecule has 4 aliphatic rings. The summed E-state index contributed by atoms with van der Waals surface area (Å²) in [7, 11) is 0. The van der Waals surface area contributed by atoms with Crippen LogP contribution in [-0.2, 0) is 14.3 Å². The summed E-state index contributed by atoms with van der Waals surface area (Å²) >= 11 is 3.86. The summed E-state index contributed by atoms with van der Waals surface area (Å²) in [6, 6.07) is 0. The molecular formula is C30H49BrO4. The van der Waals surface area contributed by atoms with Gasteiger partial charge in [0.05, 0.1) is 6.10 Å². The van der Waals surface area contributed by atoms with Gasteiger partial charge in [0.2, 0.25) is 0 Å². The number of ether oxygens (including phenoxy) is 1. The minimum Gasteiger partial charge on any atom is -0.463 e. The zero-order chi connectivity index (χ0) is 25.9. The molecule has 0 aliphatic heterocycles. The van der Waals surface area contributed by atoms with E-state index < -0.39 is 0 Å². The Morgan fingerprint density at radius 2 is 1.66 bits per heavy atom. The Hall–Kier alpha value is -0.420. The Morgan fingerprint density at radius 1 is 1.03 bits per heavy atom. The zero-order valence-electron chi connectivity index (χ0n) is 23.1. The Balaban J connectivity index is 1.52. The molecule has 0 aromatic heterocycles. The SMILES string of the molecule is CC(=O)O[C@H]1CC[C@@]2(C)[C@H](C1)C(=O)C[C@@H]1[C@@H]2CC[C@]2(C)[C@@H]([C@H](C)[C@H](O)[C@H](Br)[C@H](C)C(C)C)CC[C@@H]12. The number of Topliss-reactive ketones (excluding diaryl/α,β-unsaturated/α-hetero) is 1. The molecule has 5 heteroatoms. The van der Waals surface area contributed by atoms with E-state index in [1.165, 1.54) is 32.6 Å². The molecule has 0 amide bonds. The van der Waals surface area contributed by atoms with Crippen molar-refractivity contribution in [2.45, 2.75) is 117 Å². The van der Waals surface area contributed by atoms with Gasteiger partial charge in [-0.05, 0) is 97.2 Å². The van der Waals surface area contributed by atoms with Crippen molar-refractivity contribution in [3.05, 3.63) is 0 Å². The van der Waals surface area contributed by atoms with Crippen molar-refractivity contribution in [2.24, 2.45) is 58.2 Å². The van der Waals surface area contributed by atoms with Crippen LogP contribution in [0.2, 0.25) is 0 Å². The van der Waals surface area contributed by atoms with Gasteiger partial charge < -0.3 is 9.84 Å². The van der Waals surface area contributed by atoms with Crippen LogP contribution in [0.15, 0.2) is 0 Å². The minimum atomic E-state index is -0.350. The number of esters is 1. The standard InChI is InChI=1S/C30H49BrO4/c1-16(2)17(3)27(31)28(34)18(4)22-8-9-23-21-15-26(33)25-14-20(35-19(5)32)10-12-30(25,7)24(21)11-13-29(22,23)6/h16-18,20-25,27-28,34H,8-15H2,1-7H3/t17-,18+,20+,21+,22-,23+,24+,25-,27-,28+,29-,30-/m1/s1. The summed E-state index contributed by atoms with van der Waals surface area (Å²) in [4.78, 5) is 25.2. The molecule has 35 heavy (non-hydrogen) atoms. The fourth-order valence-corrected chi connectivity index (χ4v) is 10.5. The number of hydrogen-bond acceptors (Lipinski definition) is 4. The van der Waals surface area contributed by atoms with Crippen LogP contribution in [0, 0.1) is 58.2 Å². The van der Waals surface area contributed by atoms with Gasteiger partial charge in [-0.1, -0.05) is 57.5 Å². The van der Waals surface area contributed by atoms with Crippen LogP contribution in [-0.4, -0.2) is 33.9 Å². The van der Waals surface area contributed by atoms with E-state index in [9.17, 15) is 14.7 Å². The first-order valence-electron chi connectivity index (χ1n) is 14.3. The highest BCUT2D eigenvalue weighted by Gasteiger charge is 2.63. The van der Waals surface area contributed by atoms with E-state index in [0.29, 0.717) is 54.1 Å². The Bertz CT molecular complexity index is 812. The number of fused-ring (bicyclic) bond motifs is 5. The second-order valence-electron chi connectivity index (χ2n) is 13.7. The molecule has 4 saturated carbocycles. The quantitative estimate of drug-likeness (QED) is 0.290. The topological polar surface area (TPSA) is 63.6 Å². The number of alkyl halides is 1. The monoisotopic (exact) mass is 552 g/mol. The van der Waals surface area contributed by atoms with Crippen molar-refractivity contribution >= 4 is 27.7 Å². The van der Waals surface area contributed by atoms with Crippen LogP contribution in [0.5, 0.6) is 0 Å². The number of hydrogen-bond donors (Lipinski definition) is 1. The molecule has 4 nitrogen and oxygen atoms in total. The molecule has 4 fully saturated rings. The van der Waals surface area contributed by atoms with Crippen molar-refractivity contribution in [1.82, 2.24) is 0 Å². The second-order valence-corrected chi connectivity index (χ2v) is 14.8. The second kappa shape index (κ2) is 10.0. The number of aliphatic hydroxyl groups is 1. The van der Waals surface area contributed by atoms with Gasteiger partial charge in [0.25, 0.3) is 0 Å². The largest absolute Gasteiger partial charge is 0.463 e. The smallest absolute Gasteiger partial charge is 0.302 e. The summed E-state index contributed by atoms with van der Waals surface area (Å²) in [5.74, 6) is 3.55. The van der Waals surface area contributed by atoms with E-state index in [-0.39, 0.29) is 45.7 Å². The number of carbonyl (C=O) groups is 2. The lowest BCUT2D eigenvalue weighted by Crippen LogP contribution is -2.57. The number of rotatable bonds is 6. The summed E-state index contributed by atoms with van der Waals surface area (Å²) in [6.45, 7) is 15.3. The van der Waals surface area contributed by atoms with E-state index in [1.54, 1.807) is 0 Å². The average Bonchev–Trinajstić information content (AvgIpc) is 3.15. The molecule has 0 spiro atoms. The molecule has 0 saturated heterocycles. The van der Waals surface area contributed by atoms with Crippen molar-refractivity contribution in [3.63, 3.8) is 0 Å². The van der Waals surface area contributed by atoms with Gasteiger partial charge in [0, 0.05) is 24.1 Å². The van der Waals surface area contributed by atoms with E-state index >= 15 is 0 Å². The first kappa shape index (κ1) is 27.6. The molecular weight excluding hydrogens is 504 g/mol. The maximum atomic E-state index is 13.6. The van der Waals surface area contributed by atoms with Crippen molar-refractivity contribution in [3.8, 4) is 0 Å². The maximum Gasteiger partial charge on any atom is 0.302 e. The molecule has 0 aromatic carbocycles. The number of halogens is 1. The van der Waals surface area contributed by atoms with Crippen LogP contribution in [0.3, 0.4) is 0 Å². The van der Waals surface area contributed by atoms with Gasteiger partial charge in [0.1, 0.15) is 11.9 Å². The van der Waals surface area contributed by atoms with Crippen molar-refractivity contribution in [1.29, 1.82) is 0 Å². The molecule has 12 atom stereocenters. The number of carbonyl (C=O) groups excluding carboxylic acids is 2. The van der Waals surface area contributed by atoms with E-state index in [4.69, 9.17) is 4.74 Å². The predicted octanol–water partition coefficient (Wildman–Crippen LogP) is 6.81. The average molecular weight is 554 g/mol. The molecule has 0 radical (unpaired) electrons. The molecule has 0 unspecified atom stereocenters. The molecule has 4 aliphatic carbocycles. The molecule has 4 rings (SSSR count). The van der Waals surface area contributed by atoms with E-state index in [2.05, 4.69) is 57.5 Å². The van der Waals surface area contributed by atoms with Crippen molar-refractivity contribution in [2.75, 3.05) is 0 Å². The summed E-state index contributed by atoms with van der Waals surface area (Å²) < 4.78 is 5.55. The van der Waals surface area contributed by atoms with Gasteiger partial charge in [-0.15, -0.1) is 0 Å². The lowest BCUT2D eigenvalue weighted by atomic mass is 9.44. The van der Waals surface area contributed by atoms with Crippen LogP contribution < -0.4 is 0 Å². The van der Waals surface area contributed by atoms with Gasteiger partial charge in [-0.2, -0.15) is 0 Å². The van der Waals surface area contributed by atoms with Crippen LogP contribution in [0.1, 0.15) is 99.8 Å². The van der Waals surface area contributed by atoms with Crippen molar-refractivity contribution < 1.29 is 19.4 Å². The molecule has 0 aromatic rings. The first-order chi connectivity index (χ1) is 16.3. The third-order valence-corrected chi connectivity index (χ3v) is 13.2. The zero-order valence-corrected chi connectivity index (χ0v) is 24.6. The fraction of sp³-hybridized carbons (Fsp3) is 0.933. The van der Waals surface area contributed by atoms with Gasteiger partial charge in [-0.3, -0.25) is 9.59 Å². The maximum absolute atomic E-state index is 13.6. The molecule has 0 heterocycles. The molecule has 1 N–H and O–H groups in total. The third kappa shape index (κ3) is 4.68. The summed E-state index contributed by atoms with van der Waals surface area (Å²) in [5.41, 5.74) is 0.239. The lowest BCUT2D eigenvalue weighted by molar-refractivity contribution is -0.169. The number of aliphatic hydroxyl groups excluding tert-OH is 1. The first-order valence-corrected chi connectivity index (χ1v) is 15.2. The van der Waals surface area contributed by atoms with Crippen LogP contribution in [0.25, 0.3) is 0 Å². The highest BCUT2D eigenvalue weighted by molar-refractivity contribution is 9.09. The number of ketones is 1. The fourth-order valence-electron chi connectivity index (χ4n) is 9.46. The van der Waals surface area contributed by atoms with Gasteiger partial charge in [-0.25, -0.2) is 0 Å². The normalized spacial score (nSPS) is 44.6. The lowest BCUT2D eigenvalue weighted by Gasteiger charge is -2.60. The molecule has 200 valence electrons. The summed E-state index contributed by atoms with van der Waals surface area (Å²) in [6.07, 6.45) is 7.60. The highest BCUT2D eigenvalue weighted by Crippen LogP contribution is 2.68. The highest BCUT2D eigenvalue weighted by atomic mass is 79.9.